The Bertz CT molecular complexity index is 181. The highest BCUT2D eigenvalue weighted by Crippen LogP contribution is 2.22. The van der Waals surface area contributed by atoms with Gasteiger partial charge in [0.1, 0.15) is 0 Å². The molecule has 0 unspecified atom stereocenters. The van der Waals surface area contributed by atoms with Crippen LogP contribution in [-0.4, -0.2) is 5.11 Å². The van der Waals surface area contributed by atoms with Crippen molar-refractivity contribution in [3.05, 3.63) is 22.4 Å². The average molecular weight is 170 g/mol. The molecule has 1 atom stereocenters. The highest BCUT2D eigenvalue weighted by Gasteiger charge is 2.06. The molecular formula is C9H14OS. The van der Waals surface area contributed by atoms with Crippen LogP contribution in [0.1, 0.15) is 37.2 Å². The molecule has 0 aliphatic heterocycles. The lowest BCUT2D eigenvalue weighted by atomic mass is 10.1. The lowest BCUT2D eigenvalue weighted by Crippen LogP contribution is -1.92. The number of aliphatic hydroxyl groups excluding tert-OH is 1. The summed E-state index contributed by atoms with van der Waals surface area (Å²) >= 11 is 1.63. The van der Waals surface area contributed by atoms with E-state index in [9.17, 15) is 5.11 Å². The molecule has 0 aromatic carbocycles. The number of hydrogen-bond acceptors (Lipinski definition) is 2. The van der Waals surface area contributed by atoms with E-state index in [1.165, 1.54) is 0 Å². The molecule has 62 valence electrons. The largest absolute Gasteiger partial charge is 0.388 e. The van der Waals surface area contributed by atoms with E-state index < -0.39 is 0 Å². The molecule has 1 aromatic rings. The molecule has 1 heterocycles. The van der Waals surface area contributed by atoms with Crippen LogP contribution in [0.15, 0.2) is 17.5 Å². The number of unbranched alkanes of at least 4 members (excludes halogenated alkanes) is 1. The smallest absolute Gasteiger partial charge is 0.0882 e. The molecule has 0 saturated heterocycles. The van der Waals surface area contributed by atoms with Crippen molar-refractivity contribution in [3.8, 4) is 0 Å². The van der Waals surface area contributed by atoms with Crippen molar-refractivity contribution in [2.75, 3.05) is 0 Å². The molecule has 1 rings (SSSR count). The normalized spacial score (nSPS) is 13.3. The van der Waals surface area contributed by atoms with Gasteiger partial charge in [-0.3, -0.25) is 0 Å². The van der Waals surface area contributed by atoms with Gasteiger partial charge in [0, 0.05) is 4.88 Å². The fourth-order valence-corrected chi connectivity index (χ4v) is 1.77. The first kappa shape index (κ1) is 8.75. The van der Waals surface area contributed by atoms with Crippen LogP contribution in [0.4, 0.5) is 0 Å². The average Bonchev–Trinajstić information content (AvgIpc) is 2.52. The van der Waals surface area contributed by atoms with Crippen LogP contribution in [0.5, 0.6) is 0 Å². The third-order valence-electron chi connectivity index (χ3n) is 1.70. The van der Waals surface area contributed by atoms with Crippen molar-refractivity contribution in [2.45, 2.75) is 32.3 Å². The van der Waals surface area contributed by atoms with Crippen LogP contribution < -0.4 is 0 Å². The zero-order chi connectivity index (χ0) is 8.10. The third-order valence-corrected chi connectivity index (χ3v) is 2.68. The van der Waals surface area contributed by atoms with E-state index in [0.717, 1.165) is 24.1 Å². The SMILES string of the molecule is CCCC[C@H](O)c1cccs1. The summed E-state index contributed by atoms with van der Waals surface area (Å²) in [6.07, 6.45) is 2.94. The van der Waals surface area contributed by atoms with Crippen molar-refractivity contribution < 1.29 is 5.11 Å². The van der Waals surface area contributed by atoms with Crippen LogP contribution >= 0.6 is 11.3 Å². The predicted octanol–water partition coefficient (Wildman–Crippen LogP) is 2.97. The van der Waals surface area contributed by atoms with Crippen molar-refractivity contribution in [1.82, 2.24) is 0 Å². The van der Waals surface area contributed by atoms with E-state index in [4.69, 9.17) is 0 Å². The summed E-state index contributed by atoms with van der Waals surface area (Å²) in [7, 11) is 0. The van der Waals surface area contributed by atoms with E-state index in [0.29, 0.717) is 0 Å². The lowest BCUT2D eigenvalue weighted by molar-refractivity contribution is 0.168. The van der Waals surface area contributed by atoms with Gasteiger partial charge in [0.25, 0.3) is 0 Å². The summed E-state index contributed by atoms with van der Waals surface area (Å²) < 4.78 is 0. The summed E-state index contributed by atoms with van der Waals surface area (Å²) in [5.74, 6) is 0. The van der Waals surface area contributed by atoms with Crippen LogP contribution in [-0.2, 0) is 0 Å². The van der Waals surface area contributed by atoms with Gasteiger partial charge < -0.3 is 5.11 Å². The Morgan fingerprint density at radius 2 is 2.45 bits per heavy atom. The van der Waals surface area contributed by atoms with Gasteiger partial charge in [-0.15, -0.1) is 11.3 Å². The summed E-state index contributed by atoms with van der Waals surface area (Å²) in [6.45, 7) is 2.14. The predicted molar refractivity (Wildman–Crippen MR) is 48.8 cm³/mol. The van der Waals surface area contributed by atoms with E-state index in [-0.39, 0.29) is 6.10 Å². The Morgan fingerprint density at radius 3 is 3.00 bits per heavy atom. The molecule has 0 bridgehead atoms. The quantitative estimate of drug-likeness (QED) is 0.736. The maximum Gasteiger partial charge on any atom is 0.0882 e. The first-order valence-corrected chi connectivity index (χ1v) is 4.94. The molecule has 0 aliphatic rings. The molecule has 0 saturated carbocycles. The van der Waals surface area contributed by atoms with Crippen LogP contribution in [0, 0.1) is 0 Å². The minimum absolute atomic E-state index is 0.227. The van der Waals surface area contributed by atoms with E-state index in [1.807, 2.05) is 17.5 Å². The van der Waals surface area contributed by atoms with Gasteiger partial charge in [-0.1, -0.05) is 25.8 Å². The zero-order valence-corrected chi connectivity index (χ0v) is 7.60. The summed E-state index contributed by atoms with van der Waals surface area (Å²) in [6, 6.07) is 3.97. The second kappa shape index (κ2) is 4.52. The van der Waals surface area contributed by atoms with Gasteiger partial charge in [-0.2, -0.15) is 0 Å². The second-order valence-corrected chi connectivity index (χ2v) is 3.65. The number of aliphatic hydroxyl groups is 1. The van der Waals surface area contributed by atoms with Gasteiger partial charge in [-0.05, 0) is 17.9 Å². The van der Waals surface area contributed by atoms with Crippen molar-refractivity contribution in [2.24, 2.45) is 0 Å². The molecule has 2 heteroatoms. The molecule has 1 nitrogen and oxygen atoms in total. The Balaban J connectivity index is 2.36. The molecule has 1 aromatic heterocycles. The van der Waals surface area contributed by atoms with Gasteiger partial charge in [-0.25, -0.2) is 0 Å². The van der Waals surface area contributed by atoms with Gasteiger partial charge in [0.05, 0.1) is 6.10 Å². The van der Waals surface area contributed by atoms with E-state index in [2.05, 4.69) is 6.92 Å². The third kappa shape index (κ3) is 2.64. The fourth-order valence-electron chi connectivity index (χ4n) is 1.02. The van der Waals surface area contributed by atoms with Gasteiger partial charge in [0.15, 0.2) is 0 Å². The first-order chi connectivity index (χ1) is 5.34. The molecule has 0 fully saturated rings. The molecule has 0 amide bonds. The Morgan fingerprint density at radius 1 is 1.64 bits per heavy atom. The Kier molecular flexibility index (Phi) is 3.60. The van der Waals surface area contributed by atoms with E-state index in [1.54, 1.807) is 11.3 Å². The minimum Gasteiger partial charge on any atom is -0.388 e. The molecule has 0 aliphatic carbocycles. The molecule has 1 N–H and O–H groups in total. The summed E-state index contributed by atoms with van der Waals surface area (Å²) in [5, 5.41) is 11.6. The minimum atomic E-state index is -0.227. The van der Waals surface area contributed by atoms with Crippen molar-refractivity contribution in [3.63, 3.8) is 0 Å². The van der Waals surface area contributed by atoms with E-state index >= 15 is 0 Å². The maximum atomic E-state index is 9.55. The van der Waals surface area contributed by atoms with Crippen molar-refractivity contribution in [1.29, 1.82) is 0 Å². The molecule has 0 radical (unpaired) electrons. The number of rotatable bonds is 4. The van der Waals surface area contributed by atoms with Gasteiger partial charge in [0.2, 0.25) is 0 Å². The maximum absolute atomic E-state index is 9.55. The molecule has 0 spiro atoms. The number of hydrogen-bond donors (Lipinski definition) is 1. The first-order valence-electron chi connectivity index (χ1n) is 4.06. The second-order valence-electron chi connectivity index (χ2n) is 2.67. The molecular weight excluding hydrogens is 156 g/mol. The molecule has 11 heavy (non-hydrogen) atoms. The summed E-state index contributed by atoms with van der Waals surface area (Å²) in [4.78, 5) is 1.10. The highest BCUT2D eigenvalue weighted by molar-refractivity contribution is 7.10. The number of thiophene rings is 1. The van der Waals surface area contributed by atoms with Crippen molar-refractivity contribution >= 4 is 11.3 Å². The van der Waals surface area contributed by atoms with Crippen LogP contribution in [0.25, 0.3) is 0 Å². The monoisotopic (exact) mass is 170 g/mol. The lowest BCUT2D eigenvalue weighted by Gasteiger charge is -2.05. The highest BCUT2D eigenvalue weighted by atomic mass is 32.1. The van der Waals surface area contributed by atoms with Crippen LogP contribution in [0.3, 0.4) is 0 Å². The Hall–Kier alpha value is -0.340. The zero-order valence-electron chi connectivity index (χ0n) is 6.79. The van der Waals surface area contributed by atoms with Crippen LogP contribution in [0.2, 0.25) is 0 Å². The van der Waals surface area contributed by atoms with Gasteiger partial charge >= 0.3 is 0 Å². The fraction of sp³-hybridized carbons (Fsp3) is 0.556. The standard InChI is InChI=1S/C9H14OS/c1-2-3-5-8(10)9-6-4-7-11-9/h4,6-8,10H,2-3,5H2,1H3/t8-/m0/s1. The summed E-state index contributed by atoms with van der Waals surface area (Å²) in [5.41, 5.74) is 0. The Labute approximate surface area is 71.7 Å². The topological polar surface area (TPSA) is 20.2 Å².